The average Bonchev–Trinajstić information content (AvgIpc) is 2.34. The lowest BCUT2D eigenvalue weighted by Gasteiger charge is -2.25. The molecule has 0 aliphatic carbocycles. The Labute approximate surface area is 61.5 Å². The molecule has 0 saturated carbocycles. The summed E-state index contributed by atoms with van der Waals surface area (Å²) in [6.07, 6.45) is 2.66. The average molecular weight is 142 g/mol. The van der Waals surface area contributed by atoms with Crippen LogP contribution in [-0.4, -0.2) is 19.5 Å². The predicted octanol–water partition coefficient (Wildman–Crippen LogP) is 1.41. The molecule has 2 heteroatoms. The fourth-order valence-corrected chi connectivity index (χ4v) is 1.87. The van der Waals surface area contributed by atoms with E-state index in [1.807, 2.05) is 0 Å². The Morgan fingerprint density at radius 2 is 2.20 bits per heavy atom. The Morgan fingerprint density at radius 3 is 3.00 bits per heavy atom. The summed E-state index contributed by atoms with van der Waals surface area (Å²) in [5.41, 5.74) is 0. The second-order valence-electron chi connectivity index (χ2n) is 3.36. The first kappa shape index (κ1) is 6.62. The van der Waals surface area contributed by atoms with E-state index in [2.05, 4.69) is 6.92 Å². The number of fused-ring (bicyclic) bond motifs is 1. The zero-order valence-electron chi connectivity index (χ0n) is 6.38. The van der Waals surface area contributed by atoms with Crippen molar-refractivity contribution in [3.05, 3.63) is 0 Å². The SMILES string of the molecule is C[C@H]1CO[C@@H]2OCCC[C@@H]21. The third kappa shape index (κ3) is 0.956. The molecule has 0 spiro atoms. The second-order valence-corrected chi connectivity index (χ2v) is 3.36. The van der Waals surface area contributed by atoms with Crippen molar-refractivity contribution in [3.63, 3.8) is 0 Å². The molecule has 2 aliphatic rings. The van der Waals surface area contributed by atoms with Gasteiger partial charge in [-0.1, -0.05) is 6.92 Å². The van der Waals surface area contributed by atoms with Gasteiger partial charge in [0.2, 0.25) is 0 Å². The van der Waals surface area contributed by atoms with Crippen molar-refractivity contribution in [2.75, 3.05) is 13.2 Å². The van der Waals surface area contributed by atoms with Gasteiger partial charge in [0.05, 0.1) is 6.61 Å². The van der Waals surface area contributed by atoms with Crippen LogP contribution in [0.1, 0.15) is 19.8 Å². The van der Waals surface area contributed by atoms with Crippen LogP contribution < -0.4 is 0 Å². The van der Waals surface area contributed by atoms with Gasteiger partial charge < -0.3 is 9.47 Å². The molecular weight excluding hydrogens is 128 g/mol. The highest BCUT2D eigenvalue weighted by atomic mass is 16.7. The minimum Gasteiger partial charge on any atom is -0.352 e. The summed E-state index contributed by atoms with van der Waals surface area (Å²) in [6.45, 7) is 4.04. The van der Waals surface area contributed by atoms with E-state index >= 15 is 0 Å². The highest BCUT2D eigenvalue weighted by Crippen LogP contribution is 2.34. The van der Waals surface area contributed by atoms with Crippen LogP contribution in [0.2, 0.25) is 0 Å². The molecule has 0 amide bonds. The molecule has 2 heterocycles. The third-order valence-electron chi connectivity index (χ3n) is 2.57. The lowest BCUT2D eigenvalue weighted by atomic mass is 9.91. The van der Waals surface area contributed by atoms with Crippen molar-refractivity contribution in [2.24, 2.45) is 11.8 Å². The normalized spacial score (nSPS) is 47.1. The van der Waals surface area contributed by atoms with E-state index in [0.29, 0.717) is 11.8 Å². The Morgan fingerprint density at radius 1 is 1.30 bits per heavy atom. The van der Waals surface area contributed by atoms with Gasteiger partial charge in [-0.3, -0.25) is 0 Å². The molecule has 0 aromatic rings. The van der Waals surface area contributed by atoms with Gasteiger partial charge in [-0.05, 0) is 18.8 Å². The standard InChI is InChI=1S/C8H14O2/c1-6-5-10-8-7(6)3-2-4-9-8/h6-8H,2-5H2,1H3/t6-,7+,8-/m0/s1. The van der Waals surface area contributed by atoms with Crippen LogP contribution in [0.3, 0.4) is 0 Å². The minimum absolute atomic E-state index is 0.142. The molecule has 10 heavy (non-hydrogen) atoms. The van der Waals surface area contributed by atoms with Crippen molar-refractivity contribution in [1.82, 2.24) is 0 Å². The molecule has 2 rings (SSSR count). The maximum absolute atomic E-state index is 5.45. The molecule has 0 N–H and O–H groups in total. The van der Waals surface area contributed by atoms with E-state index < -0.39 is 0 Å². The van der Waals surface area contributed by atoms with Gasteiger partial charge in [0, 0.05) is 12.5 Å². The first-order valence-corrected chi connectivity index (χ1v) is 4.11. The number of ether oxygens (including phenoxy) is 2. The van der Waals surface area contributed by atoms with E-state index in [1.54, 1.807) is 0 Å². The molecule has 0 radical (unpaired) electrons. The zero-order chi connectivity index (χ0) is 6.97. The van der Waals surface area contributed by atoms with E-state index in [0.717, 1.165) is 13.2 Å². The molecule has 0 aromatic heterocycles. The maximum atomic E-state index is 5.45. The summed E-state index contributed by atoms with van der Waals surface area (Å²) in [4.78, 5) is 0. The van der Waals surface area contributed by atoms with Gasteiger partial charge in [0.1, 0.15) is 0 Å². The van der Waals surface area contributed by atoms with Crippen molar-refractivity contribution < 1.29 is 9.47 Å². The van der Waals surface area contributed by atoms with Crippen molar-refractivity contribution in [3.8, 4) is 0 Å². The molecule has 58 valence electrons. The van der Waals surface area contributed by atoms with Gasteiger partial charge in [0.25, 0.3) is 0 Å². The minimum atomic E-state index is 0.142. The van der Waals surface area contributed by atoms with Crippen LogP contribution in [0.15, 0.2) is 0 Å². The van der Waals surface area contributed by atoms with Crippen LogP contribution in [0.25, 0.3) is 0 Å². The van der Waals surface area contributed by atoms with E-state index in [-0.39, 0.29) is 6.29 Å². The Hall–Kier alpha value is -0.0800. The first-order valence-electron chi connectivity index (χ1n) is 4.11. The van der Waals surface area contributed by atoms with E-state index in [9.17, 15) is 0 Å². The monoisotopic (exact) mass is 142 g/mol. The van der Waals surface area contributed by atoms with Crippen molar-refractivity contribution >= 4 is 0 Å². The van der Waals surface area contributed by atoms with Gasteiger partial charge in [0.15, 0.2) is 6.29 Å². The molecule has 2 nitrogen and oxygen atoms in total. The molecule has 0 unspecified atom stereocenters. The molecule has 0 aromatic carbocycles. The summed E-state index contributed by atoms with van der Waals surface area (Å²) in [7, 11) is 0. The quantitative estimate of drug-likeness (QED) is 0.509. The lowest BCUT2D eigenvalue weighted by Crippen LogP contribution is -2.27. The Balaban J connectivity index is 2.01. The summed E-state index contributed by atoms with van der Waals surface area (Å²) < 4.78 is 10.9. The smallest absolute Gasteiger partial charge is 0.160 e. The molecule has 0 bridgehead atoms. The van der Waals surface area contributed by atoms with Gasteiger partial charge in [-0.15, -0.1) is 0 Å². The zero-order valence-corrected chi connectivity index (χ0v) is 6.38. The van der Waals surface area contributed by atoms with Crippen molar-refractivity contribution in [1.29, 1.82) is 0 Å². The van der Waals surface area contributed by atoms with E-state index in [4.69, 9.17) is 9.47 Å². The highest BCUT2D eigenvalue weighted by molar-refractivity contribution is 4.78. The topological polar surface area (TPSA) is 18.5 Å². The Kier molecular flexibility index (Phi) is 1.66. The number of rotatable bonds is 0. The fourth-order valence-electron chi connectivity index (χ4n) is 1.87. The van der Waals surface area contributed by atoms with Crippen LogP contribution >= 0.6 is 0 Å². The van der Waals surface area contributed by atoms with Gasteiger partial charge >= 0.3 is 0 Å². The first-order chi connectivity index (χ1) is 4.88. The largest absolute Gasteiger partial charge is 0.352 e. The second kappa shape index (κ2) is 2.51. The van der Waals surface area contributed by atoms with Crippen LogP contribution in [-0.2, 0) is 9.47 Å². The molecule has 3 atom stereocenters. The molecule has 2 saturated heterocycles. The van der Waals surface area contributed by atoms with Gasteiger partial charge in [-0.25, -0.2) is 0 Å². The number of hydrogen-bond donors (Lipinski definition) is 0. The predicted molar refractivity (Wildman–Crippen MR) is 37.6 cm³/mol. The molecule has 2 aliphatic heterocycles. The summed E-state index contributed by atoms with van der Waals surface area (Å²) in [5, 5.41) is 0. The summed E-state index contributed by atoms with van der Waals surface area (Å²) in [5.74, 6) is 1.40. The fraction of sp³-hybridized carbons (Fsp3) is 1.00. The van der Waals surface area contributed by atoms with Crippen molar-refractivity contribution in [2.45, 2.75) is 26.1 Å². The van der Waals surface area contributed by atoms with E-state index in [1.165, 1.54) is 12.8 Å². The van der Waals surface area contributed by atoms with Gasteiger partial charge in [-0.2, -0.15) is 0 Å². The van der Waals surface area contributed by atoms with Crippen LogP contribution in [0.5, 0.6) is 0 Å². The highest BCUT2D eigenvalue weighted by Gasteiger charge is 2.36. The molecule has 2 fully saturated rings. The third-order valence-corrected chi connectivity index (χ3v) is 2.57. The van der Waals surface area contributed by atoms with Crippen LogP contribution in [0.4, 0.5) is 0 Å². The lowest BCUT2D eigenvalue weighted by molar-refractivity contribution is -0.151. The summed E-state index contributed by atoms with van der Waals surface area (Å²) >= 11 is 0. The number of hydrogen-bond acceptors (Lipinski definition) is 2. The van der Waals surface area contributed by atoms with Crippen LogP contribution in [0, 0.1) is 11.8 Å². The Bertz CT molecular complexity index is 122. The maximum Gasteiger partial charge on any atom is 0.160 e. The molecular formula is C8H14O2. The summed E-state index contributed by atoms with van der Waals surface area (Å²) in [6, 6.07) is 0.